The second-order valence-electron chi connectivity index (χ2n) is 25.6. The Balaban J connectivity index is 0.000000495. The number of ketones is 7. The molecule has 0 heterocycles. The number of alkyl halides is 1. The maximum absolute atomic E-state index is 12.4. The average molecular weight is 1750 g/mol. The van der Waals surface area contributed by atoms with Gasteiger partial charge in [-0.15, -0.1) is 0 Å². The Morgan fingerprint density at radius 3 is 1.08 bits per heavy atom. The number of hydrogen-bond donors (Lipinski definition) is 4. The number of carbonyl (C=O) groups is 8. The summed E-state index contributed by atoms with van der Waals surface area (Å²) in [4.78, 5) is 89.3. The van der Waals surface area contributed by atoms with Gasteiger partial charge in [0.1, 0.15) is 54.0 Å². The first-order valence-electron chi connectivity index (χ1n) is 37.0. The van der Waals surface area contributed by atoms with Crippen LogP contribution in [0.3, 0.4) is 0 Å². The predicted octanol–water partition coefficient (Wildman–Crippen LogP) is 14.3. The minimum absolute atomic E-state index is 0. The molecule has 0 radical (unpaired) electrons. The Hall–Kier alpha value is -11.7. The van der Waals surface area contributed by atoms with Crippen LogP contribution in [0.2, 0.25) is 0 Å². The third-order valence-corrected chi connectivity index (χ3v) is 17.5. The second-order valence-corrected chi connectivity index (χ2v) is 26.2. The third-order valence-electron chi connectivity index (χ3n) is 16.7. The number of halogens is 1. The molecule has 0 unspecified atom stereocenters. The third kappa shape index (κ3) is 39.0. The van der Waals surface area contributed by atoms with Crippen molar-refractivity contribution in [1.82, 2.24) is 0 Å². The van der Waals surface area contributed by atoms with E-state index in [9.17, 15) is 53.7 Å². The molecule has 27 heteroatoms. The summed E-state index contributed by atoms with van der Waals surface area (Å²) in [6, 6.07) is 60.4. The van der Waals surface area contributed by atoms with E-state index in [1.165, 1.54) is 71.2 Å². The van der Waals surface area contributed by atoms with Gasteiger partial charge >= 0.3 is 51.4 Å². The number of aliphatic hydroxyl groups is 1. The van der Waals surface area contributed by atoms with Gasteiger partial charge in [-0.25, -0.2) is 0 Å². The SMILES string of the molecule is CC(=O)CBr.CC(=O)c1cccc(O)c1.COc1ccc(/C=C/C(=O)c2cccc(O)c2)cc1OC.COc1ccc(C=O)cc1OC.COc1ccc(CCC(=O)c2cccc(O)c2)cc1OC.COc1ccc(CCC(=O)c2cccc(OCC(C)=O)c2)cc1OC.COc1ccc(CC[C@@H](O)c2cccc(OCC(C)=O)c2)cc1OC.[K+].[OH-]. The van der Waals surface area contributed by atoms with E-state index in [1.54, 1.807) is 179 Å². The van der Waals surface area contributed by atoms with Crippen LogP contribution in [0.25, 0.3) is 6.08 Å². The van der Waals surface area contributed by atoms with Gasteiger partial charge in [0.25, 0.3) is 0 Å². The number of rotatable bonds is 34. The van der Waals surface area contributed by atoms with Crippen molar-refractivity contribution in [1.29, 1.82) is 0 Å². The zero-order valence-corrected chi connectivity index (χ0v) is 75.4. The van der Waals surface area contributed by atoms with Crippen molar-refractivity contribution in [2.24, 2.45) is 0 Å². The van der Waals surface area contributed by atoms with Crippen LogP contribution >= 0.6 is 15.9 Å². The first-order valence-corrected chi connectivity index (χ1v) is 38.1. The van der Waals surface area contributed by atoms with Gasteiger partial charge < -0.3 is 82.7 Å². The number of ether oxygens (including phenoxy) is 12. The van der Waals surface area contributed by atoms with E-state index in [0.717, 1.165) is 34.1 Å². The van der Waals surface area contributed by atoms with E-state index in [0.29, 0.717) is 141 Å². The van der Waals surface area contributed by atoms with E-state index in [1.807, 2.05) is 72.8 Å². The monoisotopic (exact) mass is 1750 g/mol. The van der Waals surface area contributed by atoms with Crippen molar-refractivity contribution < 1.29 is 172 Å². The summed E-state index contributed by atoms with van der Waals surface area (Å²) >= 11 is 2.96. The first-order chi connectivity index (χ1) is 57.1. The molecule has 0 aliphatic carbocycles. The molecule has 10 rings (SSSR count). The van der Waals surface area contributed by atoms with Crippen LogP contribution in [0.5, 0.6) is 86.2 Å². The van der Waals surface area contributed by atoms with Gasteiger partial charge in [0.15, 0.2) is 92.2 Å². The molecule has 121 heavy (non-hydrogen) atoms. The summed E-state index contributed by atoms with van der Waals surface area (Å²) in [5.41, 5.74) is 7.29. The van der Waals surface area contributed by atoms with E-state index in [2.05, 4.69) is 15.9 Å². The smallest absolute Gasteiger partial charge is 0.870 e. The topological polar surface area (TPSA) is 358 Å². The number of allylic oxidation sites excluding steroid dienone is 1. The van der Waals surface area contributed by atoms with Gasteiger partial charge in [0, 0.05) is 40.7 Å². The molecular formula is C94H104BrKO25. The molecule has 10 aromatic rings. The van der Waals surface area contributed by atoms with Gasteiger partial charge in [-0.3, -0.25) is 38.4 Å². The molecule has 0 aromatic heterocycles. The molecule has 0 bridgehead atoms. The minimum Gasteiger partial charge on any atom is -0.870 e. The molecule has 0 saturated heterocycles. The van der Waals surface area contributed by atoms with Gasteiger partial charge in [-0.05, 0) is 215 Å². The molecule has 0 amide bonds. The number of carbonyl (C=O) groups excluding carboxylic acids is 8. The summed E-state index contributed by atoms with van der Waals surface area (Å²) in [5, 5.41) is 38.6. The molecule has 0 fully saturated rings. The fourth-order valence-electron chi connectivity index (χ4n) is 10.5. The summed E-state index contributed by atoms with van der Waals surface area (Å²) in [6.07, 6.45) is 6.49. The number of phenolic OH excluding ortho intramolecular Hbond substituents is 3. The fourth-order valence-corrected chi connectivity index (χ4v) is 10.5. The molecule has 5 N–H and O–H groups in total. The number of aliphatic hydroxyl groups excluding tert-OH is 1. The number of aromatic hydroxyl groups is 3. The van der Waals surface area contributed by atoms with Gasteiger partial charge in [0.2, 0.25) is 0 Å². The van der Waals surface area contributed by atoms with Crippen LogP contribution in [0, 0.1) is 0 Å². The zero-order chi connectivity index (χ0) is 87.8. The van der Waals surface area contributed by atoms with Crippen LogP contribution in [-0.2, 0) is 33.6 Å². The second kappa shape index (κ2) is 58.3. The summed E-state index contributed by atoms with van der Waals surface area (Å²) in [7, 11) is 15.8. The quantitative estimate of drug-likeness (QED) is 0.00956. The van der Waals surface area contributed by atoms with Crippen molar-refractivity contribution in [3.8, 4) is 86.2 Å². The van der Waals surface area contributed by atoms with Gasteiger partial charge in [-0.1, -0.05) is 107 Å². The molecule has 0 aliphatic heterocycles. The average Bonchev–Trinajstić information content (AvgIpc) is 0.863. The Kier molecular flexibility index (Phi) is 50.8. The van der Waals surface area contributed by atoms with E-state index in [-0.39, 0.29) is 128 Å². The van der Waals surface area contributed by atoms with E-state index >= 15 is 0 Å². The number of phenols is 3. The molecule has 10 aromatic carbocycles. The molecular weight excluding hydrogens is 1650 g/mol. The fraction of sp³-hybridized carbons (Fsp3) is 0.255. The first kappa shape index (κ1) is 105. The molecule has 638 valence electrons. The van der Waals surface area contributed by atoms with Crippen molar-refractivity contribution in [3.05, 3.63) is 274 Å². The number of Topliss-reactive ketones (excluding diaryl/α,β-unsaturated/α-hetero) is 6. The van der Waals surface area contributed by atoms with E-state index in [4.69, 9.17) is 61.9 Å². The Morgan fingerprint density at radius 2 is 0.702 bits per heavy atom. The standard InChI is InChI=1S/C20H24O5.C20H22O5.C17H18O4.C17H16O4.C9H10O3.C8H8O2.C3H5BrO.K.H2O/c2*1-14(21)13-25-17-6-4-5-16(12-17)18(22)9-7-15-8-10-19(23-2)20(11-15)24-3;2*1-20-16-9-7-12(10-17(16)21-2)6-8-15(19)13-4-3-5-14(18)11-13;1-11-8-4-3-7(6-10)5-9(8)12-2;1-6(9)7-3-2-4-8(10)5-7;1-3(5)2-4;;/h4-6,8,10-12,18,22H,7,9,13H2,1-3H3;4-6,8,10-12H,7,9,13H2,1-3H3;3-5,7,9-11,18H,6,8H2,1-2H3;3-11,18H,1-2H3;3-6H,1-2H3;2-5,10H,1H3;2H2,1H3;;1H2/q;;;;;;;+1;/p-1/b;;;8-6+;;;;;/t18-;;;;;;;;/m1......../s1. The van der Waals surface area contributed by atoms with Crippen molar-refractivity contribution in [3.63, 3.8) is 0 Å². The number of aryl methyl sites for hydroxylation is 3. The Labute approximate surface area is 757 Å². The predicted molar refractivity (Wildman–Crippen MR) is 461 cm³/mol. The summed E-state index contributed by atoms with van der Waals surface area (Å²) in [6.45, 7) is 5.97. The zero-order valence-electron chi connectivity index (χ0n) is 70.7. The van der Waals surface area contributed by atoms with Crippen LogP contribution in [0.4, 0.5) is 0 Å². The van der Waals surface area contributed by atoms with Gasteiger partial charge in [0.05, 0.1) is 82.5 Å². The maximum atomic E-state index is 12.4. The van der Waals surface area contributed by atoms with Gasteiger partial charge in [-0.2, -0.15) is 0 Å². The largest absolute Gasteiger partial charge is 1.00 e. The number of aldehydes is 1. The Morgan fingerprint density at radius 1 is 0.372 bits per heavy atom. The Bertz CT molecular complexity index is 4960. The number of methoxy groups -OCH3 is 10. The van der Waals surface area contributed by atoms with Crippen LogP contribution in [-0.4, -0.2) is 162 Å². The molecule has 0 spiro atoms. The minimum atomic E-state index is -0.617. The maximum Gasteiger partial charge on any atom is 1.00 e. The van der Waals surface area contributed by atoms with Crippen molar-refractivity contribution in [2.75, 3.05) is 89.6 Å². The molecule has 1 atom stereocenters. The number of benzene rings is 10. The van der Waals surface area contributed by atoms with Crippen molar-refractivity contribution >= 4 is 68.8 Å². The van der Waals surface area contributed by atoms with Crippen LogP contribution < -0.4 is 108 Å². The van der Waals surface area contributed by atoms with Crippen LogP contribution in [0.15, 0.2) is 218 Å². The van der Waals surface area contributed by atoms with Crippen LogP contribution in [0.1, 0.15) is 133 Å². The summed E-state index contributed by atoms with van der Waals surface area (Å²) in [5.74, 6) is 7.69. The molecule has 0 saturated carbocycles. The molecule has 25 nitrogen and oxygen atoms in total. The normalized spacial score (nSPS) is 10.1. The van der Waals surface area contributed by atoms with Crippen molar-refractivity contribution in [2.45, 2.75) is 72.3 Å². The summed E-state index contributed by atoms with van der Waals surface area (Å²) < 4.78 is 62.5. The number of hydrogen-bond acceptors (Lipinski definition) is 25. The van der Waals surface area contributed by atoms with E-state index < -0.39 is 6.10 Å². The molecule has 0 aliphatic rings.